The van der Waals surface area contributed by atoms with Crippen LogP contribution in [0.2, 0.25) is 5.02 Å². The largest absolute Gasteiger partial charge is 0.490 e. The number of aryl methyl sites for hydroxylation is 1. The molecule has 4 heterocycles. The van der Waals surface area contributed by atoms with E-state index in [2.05, 4.69) is 57.6 Å². The number of hydrogen-bond donors (Lipinski definition) is 1. The van der Waals surface area contributed by atoms with Gasteiger partial charge in [-0.05, 0) is 111 Å². The molecule has 2 aromatic rings. The van der Waals surface area contributed by atoms with Gasteiger partial charge in [-0.25, -0.2) is 4.21 Å². The lowest BCUT2D eigenvalue weighted by atomic mass is 9.66. The molecule has 1 N–H and O–H groups in total. The van der Waals surface area contributed by atoms with Gasteiger partial charge < -0.3 is 19.1 Å². The van der Waals surface area contributed by atoms with Gasteiger partial charge in [0.2, 0.25) is 0 Å². The molecule has 2 bridgehead atoms. The average Bonchev–Trinajstić information content (AvgIpc) is 3.30. The molecule has 8 rings (SSSR count). The molecule has 11 heteroatoms. The van der Waals surface area contributed by atoms with Crippen molar-refractivity contribution >= 4 is 34.2 Å². The van der Waals surface area contributed by atoms with Crippen molar-refractivity contribution in [1.82, 2.24) is 14.5 Å². The van der Waals surface area contributed by atoms with Crippen molar-refractivity contribution in [1.29, 1.82) is 0 Å². The summed E-state index contributed by atoms with van der Waals surface area (Å²) in [6, 6.07) is 12.5. The Morgan fingerprint density at radius 1 is 1.09 bits per heavy atom. The maximum Gasteiger partial charge on any atom is 0.263 e. The molecular formula is C42H57ClN4O5S. The van der Waals surface area contributed by atoms with Gasteiger partial charge in [-0.2, -0.15) is 0 Å². The number of carbonyl (C=O) groups excluding carboxylic acids is 1. The van der Waals surface area contributed by atoms with Gasteiger partial charge in [0.1, 0.15) is 22.5 Å². The lowest BCUT2D eigenvalue weighted by molar-refractivity contribution is -0.208. The molecule has 2 saturated heterocycles. The first-order valence-corrected chi connectivity index (χ1v) is 21.7. The van der Waals surface area contributed by atoms with Crippen LogP contribution in [0.5, 0.6) is 5.75 Å². The van der Waals surface area contributed by atoms with Gasteiger partial charge >= 0.3 is 0 Å². The van der Waals surface area contributed by atoms with E-state index in [1.165, 1.54) is 11.1 Å². The Kier molecular flexibility index (Phi) is 11.0. The Balaban J connectivity index is 1.22. The molecule has 53 heavy (non-hydrogen) atoms. The number of morpholine rings is 1. The van der Waals surface area contributed by atoms with Crippen LogP contribution in [0.3, 0.4) is 0 Å². The monoisotopic (exact) mass is 764 g/mol. The summed E-state index contributed by atoms with van der Waals surface area (Å²) in [5, 5.41) is 0.539. The number of allylic oxidation sites excluding steroid dienone is 1. The first-order chi connectivity index (χ1) is 25.7. The minimum atomic E-state index is -1.55. The summed E-state index contributed by atoms with van der Waals surface area (Å²) in [7, 11) is -1.55. The zero-order chi connectivity index (χ0) is 36.7. The molecule has 3 fully saturated rings. The normalized spacial score (nSPS) is 35.8. The third kappa shape index (κ3) is 7.22. The van der Waals surface area contributed by atoms with Crippen LogP contribution in [0.4, 0.5) is 5.69 Å². The molecule has 6 aliphatic rings. The second-order valence-electron chi connectivity index (χ2n) is 16.6. The Bertz CT molecular complexity index is 1730. The fraction of sp³-hybridized carbons (Fsp3) is 0.643. The number of fused-ring (bicyclic) bond motifs is 5. The Labute approximate surface area is 323 Å². The second-order valence-corrected chi connectivity index (χ2v) is 18.6. The van der Waals surface area contributed by atoms with E-state index in [1.54, 1.807) is 0 Å². The summed E-state index contributed by atoms with van der Waals surface area (Å²) in [6.45, 7) is 14.6. The van der Waals surface area contributed by atoms with Crippen molar-refractivity contribution in [3.63, 3.8) is 0 Å². The Hall–Kier alpha value is -2.47. The minimum Gasteiger partial charge on any atom is -0.490 e. The third-order valence-electron chi connectivity index (χ3n) is 13.4. The zero-order valence-corrected chi connectivity index (χ0v) is 33.3. The van der Waals surface area contributed by atoms with E-state index in [9.17, 15) is 9.00 Å². The predicted molar refractivity (Wildman–Crippen MR) is 211 cm³/mol. The Morgan fingerprint density at radius 2 is 1.98 bits per heavy atom. The predicted octanol–water partition coefficient (Wildman–Crippen LogP) is 6.36. The lowest BCUT2D eigenvalue weighted by Crippen LogP contribution is -2.68. The van der Waals surface area contributed by atoms with Gasteiger partial charge in [-0.15, -0.1) is 0 Å². The molecule has 8 atom stereocenters. The highest BCUT2D eigenvalue weighted by atomic mass is 35.5. The van der Waals surface area contributed by atoms with Crippen molar-refractivity contribution in [2.45, 2.75) is 88.1 Å². The maximum atomic E-state index is 13.7. The van der Waals surface area contributed by atoms with Crippen LogP contribution in [0.25, 0.3) is 0 Å². The molecule has 1 spiro atoms. The van der Waals surface area contributed by atoms with Gasteiger partial charge in [0.25, 0.3) is 5.91 Å². The van der Waals surface area contributed by atoms with Crippen LogP contribution < -0.4 is 14.4 Å². The number of nitrogens with one attached hydrogen (secondary N) is 1. The van der Waals surface area contributed by atoms with E-state index in [4.69, 9.17) is 25.8 Å². The summed E-state index contributed by atoms with van der Waals surface area (Å²) in [4.78, 5) is 21.5. The fourth-order valence-electron chi connectivity index (χ4n) is 10.0. The van der Waals surface area contributed by atoms with E-state index in [0.717, 1.165) is 114 Å². The number of amides is 1. The molecule has 2 aromatic carbocycles. The number of carbonyl (C=O) groups is 1. The first kappa shape index (κ1) is 37.5. The van der Waals surface area contributed by atoms with Crippen LogP contribution in [0.15, 0.2) is 48.6 Å². The van der Waals surface area contributed by atoms with Crippen molar-refractivity contribution in [2.75, 3.05) is 70.6 Å². The first-order valence-electron chi connectivity index (χ1n) is 20.1. The van der Waals surface area contributed by atoms with Crippen LogP contribution in [-0.4, -0.2) is 103 Å². The van der Waals surface area contributed by atoms with Gasteiger partial charge in [-0.1, -0.05) is 37.6 Å². The molecule has 4 aliphatic heterocycles. The van der Waals surface area contributed by atoms with Gasteiger partial charge in [0.05, 0.1) is 30.8 Å². The fourth-order valence-corrected chi connectivity index (χ4v) is 11.2. The van der Waals surface area contributed by atoms with Crippen LogP contribution in [0, 0.1) is 17.8 Å². The van der Waals surface area contributed by atoms with E-state index in [0.29, 0.717) is 30.7 Å². The summed E-state index contributed by atoms with van der Waals surface area (Å²) in [6.07, 6.45) is 11.7. The minimum absolute atomic E-state index is 0.0883. The topological polar surface area (TPSA) is 83.6 Å². The molecule has 9 nitrogen and oxygen atoms in total. The molecule has 288 valence electrons. The van der Waals surface area contributed by atoms with E-state index < -0.39 is 16.7 Å². The standard InChI is InChI=1S/C42H57ClN4O5S/c1-4-20-52-42(47-18-17-45-19-21-50-26-35(45)25-47)16-5-7-29(2)30(3)53(49)44-40(48)32-10-14-39-38(23-32)46(24-33-9-12-37(33)42)27-41(28-51-39)15-6-8-31-22-34(43)11-13-36(31)41/h5,10-11,13-14,16,22-23,29-30,33,35,37H,4,6-9,12,15,17-21,24-28H2,1-3H3,(H,44,48)/b16-5+/t29?,30?,33?,35?,37?,41?,42-,53?/m0/s1. The number of rotatable bonds is 4. The van der Waals surface area contributed by atoms with Crippen LogP contribution >= 0.6 is 11.6 Å². The highest BCUT2D eigenvalue weighted by Crippen LogP contribution is 2.50. The quantitative estimate of drug-likeness (QED) is 0.361. The number of ether oxygens (including phenoxy) is 3. The van der Waals surface area contributed by atoms with Gasteiger partial charge in [0.15, 0.2) is 0 Å². The molecule has 0 aromatic heterocycles. The summed E-state index contributed by atoms with van der Waals surface area (Å²) in [5.41, 5.74) is 3.29. The SMILES string of the molecule is CCCO[C@@]1(N2CCN3CCOCC3C2)/C=C/CC(C)C(C)S(=O)NC(=O)c2ccc3c(c2)N(CC2CCC21)CC1(CCCc2cc(Cl)ccc21)CO3. The second kappa shape index (κ2) is 15.6. The Morgan fingerprint density at radius 3 is 2.81 bits per heavy atom. The molecular weight excluding hydrogens is 708 g/mol. The number of hydrogen-bond acceptors (Lipinski definition) is 8. The van der Waals surface area contributed by atoms with Gasteiger partial charge in [-0.3, -0.25) is 19.3 Å². The molecule has 7 unspecified atom stereocenters. The van der Waals surface area contributed by atoms with Crippen molar-refractivity contribution in [2.24, 2.45) is 17.8 Å². The highest BCUT2D eigenvalue weighted by Gasteiger charge is 2.53. The molecule has 1 amide bonds. The summed E-state index contributed by atoms with van der Waals surface area (Å²) in [5.74, 6) is 1.21. The number of benzene rings is 2. The highest BCUT2D eigenvalue weighted by molar-refractivity contribution is 7.84. The summed E-state index contributed by atoms with van der Waals surface area (Å²) < 4.78 is 36.5. The number of nitrogens with zero attached hydrogens (tertiary/aromatic N) is 3. The average molecular weight is 765 g/mol. The van der Waals surface area contributed by atoms with Crippen LogP contribution in [0.1, 0.15) is 80.8 Å². The van der Waals surface area contributed by atoms with Crippen molar-refractivity contribution < 1.29 is 23.2 Å². The maximum absolute atomic E-state index is 13.7. The summed E-state index contributed by atoms with van der Waals surface area (Å²) >= 11 is 6.54. The van der Waals surface area contributed by atoms with Crippen molar-refractivity contribution in [3.05, 3.63) is 70.3 Å². The lowest BCUT2D eigenvalue weighted by Gasteiger charge is -2.57. The number of piperazine rings is 1. The zero-order valence-electron chi connectivity index (χ0n) is 31.7. The molecule has 1 saturated carbocycles. The van der Waals surface area contributed by atoms with Crippen molar-refractivity contribution in [3.8, 4) is 5.75 Å². The number of anilines is 1. The smallest absolute Gasteiger partial charge is 0.263 e. The number of halogens is 1. The van der Waals surface area contributed by atoms with E-state index in [1.807, 2.05) is 31.2 Å². The van der Waals surface area contributed by atoms with Crippen LogP contribution in [-0.2, 0) is 32.3 Å². The molecule has 2 aliphatic carbocycles. The van der Waals surface area contributed by atoms with E-state index in [-0.39, 0.29) is 28.4 Å². The van der Waals surface area contributed by atoms with Gasteiger partial charge in [0, 0.05) is 73.8 Å². The molecule has 0 radical (unpaired) electrons. The van der Waals surface area contributed by atoms with E-state index >= 15 is 0 Å². The third-order valence-corrected chi connectivity index (χ3v) is 15.1.